The lowest BCUT2D eigenvalue weighted by atomic mass is 10.1. The van der Waals surface area contributed by atoms with Crippen LogP contribution in [-0.4, -0.2) is 20.9 Å². The van der Waals surface area contributed by atoms with Crippen molar-refractivity contribution in [3.05, 3.63) is 40.9 Å². The number of aryl methyl sites for hydroxylation is 1. The monoisotopic (exact) mass is 268 g/mol. The summed E-state index contributed by atoms with van der Waals surface area (Å²) in [6.07, 6.45) is 1.60. The van der Waals surface area contributed by atoms with E-state index in [-0.39, 0.29) is 11.6 Å². The van der Waals surface area contributed by atoms with E-state index in [0.717, 1.165) is 5.56 Å². The summed E-state index contributed by atoms with van der Waals surface area (Å²) in [7, 11) is 0. The smallest absolute Gasteiger partial charge is 0.325 e. The first-order valence-electron chi connectivity index (χ1n) is 5.18. The Morgan fingerprint density at radius 1 is 1.56 bits per heavy atom. The molecule has 0 bridgehead atoms. The number of halogens is 2. The Hall–Kier alpha value is -1.88. The lowest BCUT2D eigenvalue weighted by Gasteiger charge is -2.00. The van der Waals surface area contributed by atoms with Crippen LogP contribution >= 0.6 is 11.6 Å². The normalized spacial score (nSPS) is 10.6. The molecule has 6 heteroatoms. The maximum Gasteiger partial charge on any atom is 0.325 e. The fraction of sp³-hybridized carbons (Fsp3) is 0.167. The van der Waals surface area contributed by atoms with Crippen molar-refractivity contribution in [2.24, 2.45) is 0 Å². The summed E-state index contributed by atoms with van der Waals surface area (Å²) >= 11 is 5.71. The number of aromatic nitrogens is 2. The van der Waals surface area contributed by atoms with Gasteiger partial charge in [-0.25, -0.2) is 4.39 Å². The number of carboxylic acids is 1. The highest BCUT2D eigenvalue weighted by molar-refractivity contribution is 6.31. The molecule has 1 heterocycles. The summed E-state index contributed by atoms with van der Waals surface area (Å²) in [5.41, 5.74) is 2.10. The van der Waals surface area contributed by atoms with E-state index in [9.17, 15) is 9.18 Å². The first kappa shape index (κ1) is 12.6. The highest BCUT2D eigenvalue weighted by Gasteiger charge is 2.10. The zero-order valence-corrected chi connectivity index (χ0v) is 10.3. The highest BCUT2D eigenvalue weighted by Crippen LogP contribution is 2.26. The summed E-state index contributed by atoms with van der Waals surface area (Å²) in [6.45, 7) is 1.54. The third-order valence-electron chi connectivity index (χ3n) is 2.47. The lowest BCUT2D eigenvalue weighted by molar-refractivity contribution is -0.137. The number of carboxylic acid groups (broad SMARTS) is 1. The largest absolute Gasteiger partial charge is 0.480 e. The van der Waals surface area contributed by atoms with Crippen molar-refractivity contribution in [2.45, 2.75) is 13.5 Å². The fourth-order valence-corrected chi connectivity index (χ4v) is 1.87. The quantitative estimate of drug-likeness (QED) is 0.931. The molecule has 2 rings (SSSR count). The third-order valence-corrected chi connectivity index (χ3v) is 2.76. The molecule has 0 aliphatic rings. The van der Waals surface area contributed by atoms with Gasteiger partial charge < -0.3 is 5.11 Å². The molecule has 0 spiro atoms. The van der Waals surface area contributed by atoms with Gasteiger partial charge in [0.2, 0.25) is 0 Å². The fourth-order valence-electron chi connectivity index (χ4n) is 1.68. The van der Waals surface area contributed by atoms with Crippen LogP contribution in [0.25, 0.3) is 11.1 Å². The second-order valence-corrected chi connectivity index (χ2v) is 4.26. The summed E-state index contributed by atoms with van der Waals surface area (Å²) in [5, 5.41) is 12.8. The van der Waals surface area contributed by atoms with Gasteiger partial charge in [0.05, 0.1) is 10.7 Å². The van der Waals surface area contributed by atoms with Crippen molar-refractivity contribution in [2.75, 3.05) is 0 Å². The molecule has 1 aromatic carbocycles. The van der Waals surface area contributed by atoms with Crippen molar-refractivity contribution in [1.82, 2.24) is 9.78 Å². The van der Waals surface area contributed by atoms with Gasteiger partial charge >= 0.3 is 5.97 Å². The second kappa shape index (κ2) is 4.78. The van der Waals surface area contributed by atoms with Gasteiger partial charge in [-0.2, -0.15) is 5.10 Å². The highest BCUT2D eigenvalue weighted by atomic mass is 35.5. The average Bonchev–Trinajstić information content (AvgIpc) is 2.62. The Bertz CT molecular complexity index is 610. The van der Waals surface area contributed by atoms with E-state index in [0.29, 0.717) is 11.3 Å². The molecule has 0 unspecified atom stereocenters. The minimum Gasteiger partial charge on any atom is -0.480 e. The van der Waals surface area contributed by atoms with Crippen molar-refractivity contribution in [3.8, 4) is 11.1 Å². The molecule has 94 valence electrons. The maximum absolute atomic E-state index is 13.1. The summed E-state index contributed by atoms with van der Waals surface area (Å²) in [6, 6.07) is 4.34. The SMILES string of the molecule is Cc1nn(CC(=O)O)cc1-c1ccc(F)c(Cl)c1. The Morgan fingerprint density at radius 3 is 2.89 bits per heavy atom. The Balaban J connectivity index is 2.41. The molecule has 0 saturated carbocycles. The maximum atomic E-state index is 13.1. The van der Waals surface area contributed by atoms with Crippen LogP contribution in [0, 0.1) is 12.7 Å². The van der Waals surface area contributed by atoms with E-state index in [2.05, 4.69) is 5.10 Å². The van der Waals surface area contributed by atoms with Crippen LogP contribution in [0.1, 0.15) is 5.69 Å². The van der Waals surface area contributed by atoms with Crippen LogP contribution in [0.5, 0.6) is 0 Å². The molecule has 0 saturated heterocycles. The van der Waals surface area contributed by atoms with Crippen LogP contribution < -0.4 is 0 Å². The number of benzene rings is 1. The van der Waals surface area contributed by atoms with Crippen LogP contribution in [0.15, 0.2) is 24.4 Å². The molecule has 4 nitrogen and oxygen atoms in total. The standard InChI is InChI=1S/C12H10ClFN2O2/c1-7-9(5-16(15-7)6-12(17)18)8-2-3-11(14)10(13)4-8/h2-5H,6H2,1H3,(H,17,18). The van der Waals surface area contributed by atoms with Crippen LogP contribution in [0.3, 0.4) is 0 Å². The van der Waals surface area contributed by atoms with E-state index in [1.807, 2.05) is 0 Å². The molecular formula is C12H10ClFN2O2. The number of aliphatic carboxylic acids is 1. The number of hydrogen-bond acceptors (Lipinski definition) is 2. The van der Waals surface area contributed by atoms with Gasteiger partial charge in [-0.3, -0.25) is 9.48 Å². The Kier molecular flexibility index (Phi) is 3.34. The third kappa shape index (κ3) is 2.51. The van der Waals surface area contributed by atoms with E-state index in [1.54, 1.807) is 19.2 Å². The van der Waals surface area contributed by atoms with Gasteiger partial charge in [0.15, 0.2) is 0 Å². The van der Waals surface area contributed by atoms with E-state index >= 15 is 0 Å². The van der Waals surface area contributed by atoms with Gasteiger partial charge in [-0.05, 0) is 24.6 Å². The average molecular weight is 269 g/mol. The molecule has 0 aliphatic heterocycles. The summed E-state index contributed by atoms with van der Waals surface area (Å²) < 4.78 is 14.4. The second-order valence-electron chi connectivity index (χ2n) is 3.85. The predicted molar refractivity (Wildman–Crippen MR) is 65.0 cm³/mol. The molecule has 0 radical (unpaired) electrons. The zero-order chi connectivity index (χ0) is 13.3. The molecule has 0 atom stereocenters. The van der Waals surface area contributed by atoms with E-state index < -0.39 is 11.8 Å². The number of rotatable bonds is 3. The molecule has 0 amide bonds. The Morgan fingerprint density at radius 2 is 2.28 bits per heavy atom. The lowest BCUT2D eigenvalue weighted by Crippen LogP contribution is -2.08. The number of nitrogens with zero attached hydrogens (tertiary/aromatic N) is 2. The first-order valence-corrected chi connectivity index (χ1v) is 5.56. The van der Waals surface area contributed by atoms with Crippen molar-refractivity contribution in [1.29, 1.82) is 0 Å². The molecule has 0 aliphatic carbocycles. The molecular weight excluding hydrogens is 259 g/mol. The molecule has 2 aromatic rings. The van der Waals surface area contributed by atoms with Gasteiger partial charge in [-0.1, -0.05) is 17.7 Å². The van der Waals surface area contributed by atoms with Crippen molar-refractivity contribution >= 4 is 17.6 Å². The van der Waals surface area contributed by atoms with Crippen molar-refractivity contribution in [3.63, 3.8) is 0 Å². The minimum absolute atomic E-state index is 0.0258. The number of hydrogen-bond donors (Lipinski definition) is 1. The first-order chi connectivity index (χ1) is 8.47. The molecule has 1 N–H and O–H groups in total. The minimum atomic E-state index is -0.971. The zero-order valence-electron chi connectivity index (χ0n) is 9.52. The summed E-state index contributed by atoms with van der Waals surface area (Å²) in [4.78, 5) is 10.6. The van der Waals surface area contributed by atoms with Gasteiger partial charge in [-0.15, -0.1) is 0 Å². The van der Waals surface area contributed by atoms with Gasteiger partial charge in [0.25, 0.3) is 0 Å². The van der Waals surface area contributed by atoms with Gasteiger partial charge in [0.1, 0.15) is 12.4 Å². The topological polar surface area (TPSA) is 55.1 Å². The van der Waals surface area contributed by atoms with Crippen molar-refractivity contribution < 1.29 is 14.3 Å². The molecule has 0 fully saturated rings. The number of carbonyl (C=O) groups is 1. The van der Waals surface area contributed by atoms with E-state index in [4.69, 9.17) is 16.7 Å². The molecule has 18 heavy (non-hydrogen) atoms. The predicted octanol–water partition coefficient (Wildman–Crippen LogP) is 2.74. The van der Waals surface area contributed by atoms with Crippen LogP contribution in [-0.2, 0) is 11.3 Å². The van der Waals surface area contributed by atoms with Crippen LogP contribution in [0.2, 0.25) is 5.02 Å². The van der Waals surface area contributed by atoms with Gasteiger partial charge in [0, 0.05) is 11.8 Å². The summed E-state index contributed by atoms with van der Waals surface area (Å²) in [5.74, 6) is -1.46. The van der Waals surface area contributed by atoms with Crippen LogP contribution in [0.4, 0.5) is 4.39 Å². The van der Waals surface area contributed by atoms with E-state index in [1.165, 1.54) is 16.8 Å². The Labute approximate surface area is 108 Å². The molecule has 1 aromatic heterocycles.